The summed E-state index contributed by atoms with van der Waals surface area (Å²) in [6.07, 6.45) is 2.66. The third-order valence-corrected chi connectivity index (χ3v) is 10.4. The van der Waals surface area contributed by atoms with Crippen LogP contribution in [-0.4, -0.2) is 82.5 Å². The first-order valence-corrected chi connectivity index (χ1v) is 16.4. The van der Waals surface area contributed by atoms with Crippen molar-refractivity contribution >= 4 is 52.5 Å². The number of aromatic nitrogens is 1. The first kappa shape index (κ1) is 27.5. The van der Waals surface area contributed by atoms with E-state index in [0.29, 0.717) is 44.8 Å². The number of amides is 1. The van der Waals surface area contributed by atoms with E-state index in [9.17, 15) is 21.6 Å². The fraction of sp³-hybridized carbons (Fsp3) is 0.440. The van der Waals surface area contributed by atoms with Crippen LogP contribution < -0.4 is 4.90 Å². The summed E-state index contributed by atoms with van der Waals surface area (Å²) in [4.78, 5) is 22.1. The van der Waals surface area contributed by atoms with E-state index in [1.807, 2.05) is 13.8 Å². The summed E-state index contributed by atoms with van der Waals surface area (Å²) in [6.45, 7) is 7.04. The van der Waals surface area contributed by atoms with E-state index in [1.165, 1.54) is 34.0 Å². The third kappa shape index (κ3) is 5.97. The highest BCUT2D eigenvalue weighted by atomic mass is 32.2. The molecular weight excluding hydrogens is 532 g/mol. The molecule has 1 aromatic heterocycles. The summed E-state index contributed by atoms with van der Waals surface area (Å²) in [5, 5.41) is 0.797. The van der Waals surface area contributed by atoms with Crippen molar-refractivity contribution < 1.29 is 21.6 Å². The zero-order valence-electron chi connectivity index (χ0n) is 21.3. The Balaban J connectivity index is 1.42. The number of sulfone groups is 1. The summed E-state index contributed by atoms with van der Waals surface area (Å²) in [6, 6.07) is 11.2. The van der Waals surface area contributed by atoms with Gasteiger partial charge >= 0.3 is 0 Å². The van der Waals surface area contributed by atoms with Crippen LogP contribution in [0.2, 0.25) is 0 Å². The molecule has 0 N–H and O–H groups in total. The van der Waals surface area contributed by atoms with Crippen LogP contribution in [0.4, 0.5) is 5.13 Å². The highest BCUT2D eigenvalue weighted by Crippen LogP contribution is 2.31. The summed E-state index contributed by atoms with van der Waals surface area (Å²) in [7, 11) is -6.88. The maximum atomic E-state index is 13.1. The minimum atomic E-state index is -3.59. The number of benzene rings is 2. The number of rotatable bonds is 9. The Hall–Kier alpha value is -2.54. The number of hydrogen-bond acceptors (Lipinski definition) is 8. The Labute approximate surface area is 222 Å². The molecule has 1 aliphatic rings. The Morgan fingerprint density at radius 3 is 2.08 bits per heavy atom. The number of carbonyl (C=O) groups excluding carboxylic acids is 1. The van der Waals surface area contributed by atoms with Gasteiger partial charge in [0.15, 0.2) is 15.0 Å². The molecule has 0 unspecified atom stereocenters. The van der Waals surface area contributed by atoms with E-state index in [0.717, 1.165) is 28.2 Å². The number of sulfonamides is 1. The quantitative estimate of drug-likeness (QED) is 0.392. The minimum absolute atomic E-state index is 0.135. The predicted molar refractivity (Wildman–Crippen MR) is 147 cm³/mol. The molecule has 1 fully saturated rings. The fourth-order valence-electron chi connectivity index (χ4n) is 4.31. The largest absolute Gasteiger partial charge is 0.345 e. The van der Waals surface area contributed by atoms with Crippen LogP contribution in [0.1, 0.15) is 37.0 Å². The molecule has 0 atom stereocenters. The standard InChI is InChI=1S/C25H32N4O5S3/c1-4-12-29(13-5-2)37(33,34)20-8-6-19(7-9-20)24(30)27-14-16-28(17-15-27)25-26-22-11-10-21(36(3,31)32)18-23(22)35-25/h6-11,18H,4-5,12-17H2,1-3H3. The lowest BCUT2D eigenvalue weighted by Crippen LogP contribution is -2.48. The van der Waals surface area contributed by atoms with Crippen molar-refractivity contribution in [3.63, 3.8) is 0 Å². The molecule has 37 heavy (non-hydrogen) atoms. The summed E-state index contributed by atoms with van der Waals surface area (Å²) in [5.74, 6) is -0.135. The Kier molecular flexibility index (Phi) is 8.22. The lowest BCUT2D eigenvalue weighted by atomic mass is 10.2. The maximum Gasteiger partial charge on any atom is 0.253 e. The Bertz CT molecular complexity index is 1470. The smallest absolute Gasteiger partial charge is 0.253 e. The SMILES string of the molecule is CCCN(CCC)S(=O)(=O)c1ccc(C(=O)N2CCN(c3nc4ccc(S(C)(=O)=O)cc4s3)CC2)cc1. The van der Waals surface area contributed by atoms with E-state index >= 15 is 0 Å². The van der Waals surface area contributed by atoms with Gasteiger partial charge in [-0.3, -0.25) is 4.79 Å². The first-order valence-electron chi connectivity index (χ1n) is 12.3. The van der Waals surface area contributed by atoms with Crippen LogP contribution in [0.3, 0.4) is 0 Å². The number of nitrogens with zero attached hydrogens (tertiary/aromatic N) is 4. The lowest BCUT2D eigenvalue weighted by molar-refractivity contribution is 0.0746. The average molecular weight is 565 g/mol. The number of piperazine rings is 1. The Morgan fingerprint density at radius 1 is 0.919 bits per heavy atom. The maximum absolute atomic E-state index is 13.1. The lowest BCUT2D eigenvalue weighted by Gasteiger charge is -2.34. The van der Waals surface area contributed by atoms with Gasteiger partial charge in [-0.25, -0.2) is 21.8 Å². The van der Waals surface area contributed by atoms with Crippen molar-refractivity contribution in [2.75, 3.05) is 50.4 Å². The molecule has 2 aromatic carbocycles. The molecule has 1 aliphatic heterocycles. The molecule has 1 amide bonds. The number of fused-ring (bicyclic) bond motifs is 1. The van der Waals surface area contributed by atoms with Crippen LogP contribution in [0.5, 0.6) is 0 Å². The van der Waals surface area contributed by atoms with E-state index < -0.39 is 19.9 Å². The molecule has 2 heterocycles. The molecule has 9 nitrogen and oxygen atoms in total. The van der Waals surface area contributed by atoms with Gasteiger partial charge in [0.2, 0.25) is 10.0 Å². The van der Waals surface area contributed by atoms with E-state index in [1.54, 1.807) is 35.2 Å². The highest BCUT2D eigenvalue weighted by molar-refractivity contribution is 7.90. The molecule has 0 spiro atoms. The highest BCUT2D eigenvalue weighted by Gasteiger charge is 2.26. The van der Waals surface area contributed by atoms with Crippen molar-refractivity contribution in [1.29, 1.82) is 0 Å². The van der Waals surface area contributed by atoms with Gasteiger partial charge in [-0.15, -0.1) is 0 Å². The van der Waals surface area contributed by atoms with Crippen LogP contribution in [0.15, 0.2) is 52.3 Å². The normalized spacial score (nSPS) is 15.0. The van der Waals surface area contributed by atoms with E-state index in [-0.39, 0.29) is 15.7 Å². The molecule has 200 valence electrons. The van der Waals surface area contributed by atoms with Crippen LogP contribution in [-0.2, 0) is 19.9 Å². The van der Waals surface area contributed by atoms with Crippen LogP contribution in [0, 0.1) is 0 Å². The van der Waals surface area contributed by atoms with Crippen molar-refractivity contribution in [3.8, 4) is 0 Å². The zero-order valence-corrected chi connectivity index (χ0v) is 23.7. The van der Waals surface area contributed by atoms with Gasteiger partial charge in [0.25, 0.3) is 5.91 Å². The van der Waals surface area contributed by atoms with Gasteiger partial charge in [-0.05, 0) is 55.3 Å². The third-order valence-electron chi connectivity index (χ3n) is 6.30. The average Bonchev–Trinajstić information content (AvgIpc) is 3.31. The monoisotopic (exact) mass is 564 g/mol. The van der Waals surface area contributed by atoms with Gasteiger partial charge in [0.05, 0.1) is 20.0 Å². The Morgan fingerprint density at radius 2 is 1.51 bits per heavy atom. The van der Waals surface area contributed by atoms with Crippen LogP contribution >= 0.6 is 11.3 Å². The molecule has 0 aliphatic carbocycles. The molecular formula is C25H32N4O5S3. The number of thiazole rings is 1. The molecule has 3 aromatic rings. The molecule has 0 saturated carbocycles. The molecule has 12 heteroatoms. The predicted octanol–water partition coefficient (Wildman–Crippen LogP) is 3.47. The van der Waals surface area contributed by atoms with E-state index in [4.69, 9.17) is 0 Å². The molecule has 4 rings (SSSR count). The molecule has 1 saturated heterocycles. The first-order chi connectivity index (χ1) is 17.5. The minimum Gasteiger partial charge on any atom is -0.345 e. The second-order valence-corrected chi connectivity index (χ2v) is 14.1. The van der Waals surface area contributed by atoms with Crippen molar-refractivity contribution in [3.05, 3.63) is 48.0 Å². The second kappa shape index (κ2) is 11.1. The zero-order chi connectivity index (χ0) is 26.8. The van der Waals surface area contributed by atoms with E-state index in [2.05, 4.69) is 9.88 Å². The molecule has 0 bridgehead atoms. The second-order valence-electron chi connectivity index (χ2n) is 9.11. The van der Waals surface area contributed by atoms with Gasteiger partial charge in [-0.2, -0.15) is 4.31 Å². The van der Waals surface area contributed by atoms with Gasteiger partial charge in [-0.1, -0.05) is 25.2 Å². The molecule has 0 radical (unpaired) electrons. The van der Waals surface area contributed by atoms with Gasteiger partial charge < -0.3 is 9.80 Å². The number of hydrogen-bond donors (Lipinski definition) is 0. The summed E-state index contributed by atoms with van der Waals surface area (Å²) >= 11 is 1.44. The van der Waals surface area contributed by atoms with Crippen molar-refractivity contribution in [2.45, 2.75) is 36.5 Å². The topological polar surface area (TPSA) is 108 Å². The van der Waals surface area contributed by atoms with Crippen molar-refractivity contribution in [1.82, 2.24) is 14.2 Å². The van der Waals surface area contributed by atoms with Crippen molar-refractivity contribution in [2.24, 2.45) is 0 Å². The summed E-state index contributed by atoms with van der Waals surface area (Å²) < 4.78 is 52.0. The van der Waals surface area contributed by atoms with Crippen LogP contribution in [0.25, 0.3) is 10.2 Å². The van der Waals surface area contributed by atoms with Gasteiger partial charge in [0, 0.05) is 51.1 Å². The fourth-order valence-corrected chi connectivity index (χ4v) is 7.71. The number of anilines is 1. The number of carbonyl (C=O) groups is 1. The summed E-state index contributed by atoms with van der Waals surface area (Å²) in [5.41, 5.74) is 1.20. The van der Waals surface area contributed by atoms with Gasteiger partial charge in [0.1, 0.15) is 0 Å².